The lowest BCUT2D eigenvalue weighted by molar-refractivity contribution is -0.120. The van der Waals surface area contributed by atoms with Crippen LogP contribution >= 0.6 is 0 Å². The number of carbonyl (C=O) groups excluding carboxylic acids is 3. The van der Waals surface area contributed by atoms with Gasteiger partial charge in [0, 0.05) is 17.3 Å². The Morgan fingerprint density at radius 1 is 0.909 bits per heavy atom. The second kappa shape index (κ2) is 11.3. The molecule has 0 aliphatic carbocycles. The number of nitrogens with one attached hydrogen (secondary N) is 2. The third-order valence-electron chi connectivity index (χ3n) is 4.75. The van der Waals surface area contributed by atoms with Gasteiger partial charge in [-0.3, -0.25) is 14.4 Å². The van der Waals surface area contributed by atoms with Crippen molar-refractivity contribution in [2.24, 2.45) is 5.73 Å². The molecule has 0 radical (unpaired) electrons. The summed E-state index contributed by atoms with van der Waals surface area (Å²) in [5, 5.41) is 5.73. The maximum atomic E-state index is 12.8. The van der Waals surface area contributed by atoms with Gasteiger partial charge >= 0.3 is 0 Å². The number of ether oxygens (including phenoxy) is 2. The van der Waals surface area contributed by atoms with Crippen LogP contribution in [-0.2, 0) is 9.59 Å². The summed E-state index contributed by atoms with van der Waals surface area (Å²) in [4.78, 5) is 36.6. The molecule has 0 aliphatic heterocycles. The summed E-state index contributed by atoms with van der Waals surface area (Å²) in [5.41, 5.74) is 6.89. The Balaban J connectivity index is 1.73. The third-order valence-corrected chi connectivity index (χ3v) is 4.75. The fraction of sp³-hybridized carbons (Fsp3) is 0.160. The summed E-state index contributed by atoms with van der Waals surface area (Å²) in [6.45, 7) is -0.324. The fourth-order valence-electron chi connectivity index (χ4n) is 3.18. The van der Waals surface area contributed by atoms with Crippen LogP contribution in [-0.4, -0.2) is 31.4 Å². The molecule has 8 nitrogen and oxygen atoms in total. The van der Waals surface area contributed by atoms with E-state index in [0.29, 0.717) is 17.0 Å². The molecule has 170 valence electrons. The van der Waals surface area contributed by atoms with Crippen molar-refractivity contribution < 1.29 is 23.9 Å². The molecular formula is C25H25N3O5. The molecule has 0 aromatic heterocycles. The first-order valence-corrected chi connectivity index (χ1v) is 10.3. The van der Waals surface area contributed by atoms with E-state index in [0.717, 1.165) is 5.56 Å². The van der Waals surface area contributed by atoms with Gasteiger partial charge in [0.25, 0.3) is 11.8 Å². The van der Waals surface area contributed by atoms with E-state index in [-0.39, 0.29) is 30.6 Å². The number of hydrogen-bond acceptors (Lipinski definition) is 5. The van der Waals surface area contributed by atoms with Crippen molar-refractivity contribution in [1.82, 2.24) is 5.32 Å². The number of amides is 3. The number of benzene rings is 3. The van der Waals surface area contributed by atoms with E-state index in [4.69, 9.17) is 15.2 Å². The summed E-state index contributed by atoms with van der Waals surface area (Å²) in [6.07, 6.45) is 0.00604. The Hall–Kier alpha value is -4.33. The van der Waals surface area contributed by atoms with E-state index in [1.165, 1.54) is 7.11 Å². The van der Waals surface area contributed by atoms with Crippen molar-refractivity contribution in [3.8, 4) is 11.5 Å². The SMILES string of the molecule is COc1ccc(NC(=O)CC(NC(=O)c2ccccc2)c2ccccc2)cc1OCC(N)=O. The maximum Gasteiger partial charge on any atom is 0.255 e. The Bertz CT molecular complexity index is 1100. The van der Waals surface area contributed by atoms with Gasteiger partial charge in [-0.2, -0.15) is 0 Å². The van der Waals surface area contributed by atoms with Crippen molar-refractivity contribution in [2.75, 3.05) is 19.0 Å². The van der Waals surface area contributed by atoms with Gasteiger partial charge in [0.1, 0.15) is 0 Å². The molecule has 3 aromatic rings. The average Bonchev–Trinajstić information content (AvgIpc) is 2.83. The van der Waals surface area contributed by atoms with Crippen molar-refractivity contribution in [3.63, 3.8) is 0 Å². The van der Waals surface area contributed by atoms with Crippen LogP contribution in [0.2, 0.25) is 0 Å². The van der Waals surface area contributed by atoms with Gasteiger partial charge in [0.15, 0.2) is 18.1 Å². The molecule has 0 spiro atoms. The van der Waals surface area contributed by atoms with E-state index < -0.39 is 11.9 Å². The van der Waals surface area contributed by atoms with Crippen LogP contribution in [0.5, 0.6) is 11.5 Å². The predicted octanol–water partition coefficient (Wildman–Crippen LogP) is 3.06. The van der Waals surface area contributed by atoms with Crippen LogP contribution in [0.3, 0.4) is 0 Å². The first-order chi connectivity index (χ1) is 16.0. The number of anilines is 1. The summed E-state index contributed by atoms with van der Waals surface area (Å²) in [7, 11) is 1.46. The number of carbonyl (C=O) groups is 3. The Morgan fingerprint density at radius 3 is 2.21 bits per heavy atom. The highest BCUT2D eigenvalue weighted by Gasteiger charge is 2.20. The van der Waals surface area contributed by atoms with E-state index in [1.807, 2.05) is 36.4 Å². The van der Waals surface area contributed by atoms with E-state index in [1.54, 1.807) is 42.5 Å². The molecule has 0 saturated carbocycles. The molecule has 0 bridgehead atoms. The summed E-state index contributed by atoms with van der Waals surface area (Å²) in [5.74, 6) is -0.559. The minimum absolute atomic E-state index is 0.00604. The smallest absolute Gasteiger partial charge is 0.255 e. The second-order valence-corrected chi connectivity index (χ2v) is 7.18. The Kier molecular flexibility index (Phi) is 8.02. The molecule has 1 unspecified atom stereocenters. The topological polar surface area (TPSA) is 120 Å². The van der Waals surface area contributed by atoms with Gasteiger partial charge in [-0.1, -0.05) is 48.5 Å². The largest absolute Gasteiger partial charge is 0.493 e. The third kappa shape index (κ3) is 6.83. The lowest BCUT2D eigenvalue weighted by Crippen LogP contribution is -2.31. The van der Waals surface area contributed by atoms with Crippen LogP contribution < -0.4 is 25.8 Å². The number of rotatable bonds is 10. The standard InChI is InChI=1S/C25H25N3O5/c1-32-21-13-12-19(14-22(21)33-16-23(26)29)27-24(30)15-20(17-8-4-2-5-9-17)28-25(31)18-10-6-3-7-11-18/h2-14,20H,15-16H2,1H3,(H2,26,29)(H,27,30)(H,28,31). The first kappa shape index (κ1) is 23.3. The van der Waals surface area contributed by atoms with E-state index >= 15 is 0 Å². The number of hydrogen-bond donors (Lipinski definition) is 3. The van der Waals surface area contributed by atoms with Gasteiger partial charge in [-0.25, -0.2) is 0 Å². The van der Waals surface area contributed by atoms with Crippen LogP contribution in [0.1, 0.15) is 28.4 Å². The monoisotopic (exact) mass is 447 g/mol. The predicted molar refractivity (Wildman–Crippen MR) is 124 cm³/mol. The van der Waals surface area contributed by atoms with Gasteiger partial charge in [-0.15, -0.1) is 0 Å². The Morgan fingerprint density at radius 2 is 1.58 bits per heavy atom. The van der Waals surface area contributed by atoms with Crippen molar-refractivity contribution in [2.45, 2.75) is 12.5 Å². The molecule has 0 aliphatic rings. The molecule has 0 heterocycles. The Labute approximate surface area is 191 Å². The van der Waals surface area contributed by atoms with E-state index in [9.17, 15) is 14.4 Å². The molecule has 0 fully saturated rings. The zero-order valence-electron chi connectivity index (χ0n) is 18.1. The minimum atomic E-state index is -0.633. The molecule has 3 rings (SSSR count). The highest BCUT2D eigenvalue weighted by molar-refractivity contribution is 5.96. The number of nitrogens with two attached hydrogens (primary N) is 1. The van der Waals surface area contributed by atoms with Gasteiger partial charge < -0.3 is 25.8 Å². The second-order valence-electron chi connectivity index (χ2n) is 7.18. The quantitative estimate of drug-likeness (QED) is 0.441. The van der Waals surface area contributed by atoms with Crippen LogP contribution in [0.25, 0.3) is 0 Å². The number of methoxy groups -OCH3 is 1. The molecule has 8 heteroatoms. The van der Waals surface area contributed by atoms with Gasteiger partial charge in [-0.05, 0) is 29.8 Å². The van der Waals surface area contributed by atoms with Crippen molar-refractivity contribution in [3.05, 3.63) is 90.0 Å². The number of primary amides is 1. The fourth-order valence-corrected chi connectivity index (χ4v) is 3.18. The van der Waals surface area contributed by atoms with Gasteiger partial charge in [0.05, 0.1) is 19.6 Å². The molecule has 1 atom stereocenters. The maximum absolute atomic E-state index is 12.8. The zero-order valence-corrected chi connectivity index (χ0v) is 18.1. The minimum Gasteiger partial charge on any atom is -0.493 e. The van der Waals surface area contributed by atoms with Crippen LogP contribution in [0.15, 0.2) is 78.9 Å². The molecule has 3 aromatic carbocycles. The summed E-state index contributed by atoms with van der Waals surface area (Å²) < 4.78 is 10.6. The van der Waals surface area contributed by atoms with Crippen LogP contribution in [0.4, 0.5) is 5.69 Å². The molecule has 3 amide bonds. The van der Waals surface area contributed by atoms with Gasteiger partial charge in [0.2, 0.25) is 5.91 Å². The molecule has 0 saturated heterocycles. The molecular weight excluding hydrogens is 422 g/mol. The highest BCUT2D eigenvalue weighted by Crippen LogP contribution is 2.30. The lowest BCUT2D eigenvalue weighted by atomic mass is 10.0. The summed E-state index contributed by atoms with van der Waals surface area (Å²) >= 11 is 0. The molecule has 33 heavy (non-hydrogen) atoms. The van der Waals surface area contributed by atoms with Crippen molar-refractivity contribution in [1.29, 1.82) is 0 Å². The highest BCUT2D eigenvalue weighted by atomic mass is 16.5. The lowest BCUT2D eigenvalue weighted by Gasteiger charge is -2.19. The van der Waals surface area contributed by atoms with Crippen molar-refractivity contribution >= 4 is 23.4 Å². The zero-order chi connectivity index (χ0) is 23.6. The first-order valence-electron chi connectivity index (χ1n) is 10.3. The van der Waals surface area contributed by atoms with Crippen LogP contribution in [0, 0.1) is 0 Å². The normalized spacial score (nSPS) is 11.2. The average molecular weight is 447 g/mol. The van der Waals surface area contributed by atoms with E-state index in [2.05, 4.69) is 10.6 Å². The summed E-state index contributed by atoms with van der Waals surface area (Å²) in [6, 6.07) is 22.3. The molecule has 4 N–H and O–H groups in total.